The summed E-state index contributed by atoms with van der Waals surface area (Å²) < 4.78 is 13.6. The summed E-state index contributed by atoms with van der Waals surface area (Å²) in [6.45, 7) is 10.2. The molecule has 0 aromatic rings. The minimum absolute atomic E-state index is 0.139. The lowest BCUT2D eigenvalue weighted by atomic mass is 9.45. The summed E-state index contributed by atoms with van der Waals surface area (Å²) in [6.07, 6.45) is 14.5. The molecule has 132 valence electrons. The Balaban J connectivity index is 1.91. The van der Waals surface area contributed by atoms with E-state index in [-0.39, 0.29) is 5.83 Å². The summed E-state index contributed by atoms with van der Waals surface area (Å²) in [5, 5.41) is 0. The zero-order chi connectivity index (χ0) is 16.7. The van der Waals surface area contributed by atoms with Gasteiger partial charge in [0.05, 0.1) is 5.83 Å². The standard InChI is InChI=1S/C22H37F/c1-16-7-5-6-14-21(16,3)22(4,17(2)15-18-8-9-18)19-10-12-20(23)13-11-19/h12,16-19H,5-11,13-15H2,1-4H3/t16-,17+,19?,21?,22-/m1/s1. The minimum Gasteiger partial charge on any atom is -0.212 e. The average molecular weight is 321 g/mol. The van der Waals surface area contributed by atoms with Crippen molar-refractivity contribution >= 4 is 0 Å². The Bertz CT molecular complexity index is 449. The monoisotopic (exact) mass is 320 g/mol. The van der Waals surface area contributed by atoms with Gasteiger partial charge >= 0.3 is 0 Å². The molecule has 0 aromatic carbocycles. The molecule has 2 fully saturated rings. The van der Waals surface area contributed by atoms with Gasteiger partial charge in [0.15, 0.2) is 0 Å². The van der Waals surface area contributed by atoms with Crippen molar-refractivity contribution in [3.8, 4) is 0 Å². The van der Waals surface area contributed by atoms with Gasteiger partial charge < -0.3 is 0 Å². The van der Waals surface area contributed by atoms with E-state index in [0.717, 1.165) is 30.6 Å². The van der Waals surface area contributed by atoms with Crippen molar-refractivity contribution in [2.24, 2.45) is 34.5 Å². The lowest BCUT2D eigenvalue weighted by molar-refractivity contribution is -0.105. The van der Waals surface area contributed by atoms with Crippen LogP contribution in [0, 0.1) is 34.5 Å². The van der Waals surface area contributed by atoms with Crippen LogP contribution in [0.4, 0.5) is 4.39 Å². The molecule has 0 nitrogen and oxygen atoms in total. The highest BCUT2D eigenvalue weighted by molar-refractivity contribution is 5.09. The second-order valence-corrected chi connectivity index (χ2v) is 9.55. The van der Waals surface area contributed by atoms with Crippen LogP contribution in [0.5, 0.6) is 0 Å². The van der Waals surface area contributed by atoms with Crippen molar-refractivity contribution in [3.05, 3.63) is 11.9 Å². The maximum absolute atomic E-state index is 13.6. The third kappa shape index (κ3) is 3.14. The zero-order valence-corrected chi connectivity index (χ0v) is 15.8. The predicted octanol–water partition coefficient (Wildman–Crippen LogP) is 7.30. The quantitative estimate of drug-likeness (QED) is 0.498. The first-order valence-corrected chi connectivity index (χ1v) is 10.2. The molecule has 1 heteroatoms. The summed E-state index contributed by atoms with van der Waals surface area (Å²) in [4.78, 5) is 0. The van der Waals surface area contributed by atoms with E-state index in [9.17, 15) is 4.39 Å². The van der Waals surface area contributed by atoms with Gasteiger partial charge in [-0.05, 0) is 66.6 Å². The molecule has 0 bridgehead atoms. The van der Waals surface area contributed by atoms with Gasteiger partial charge in [0, 0.05) is 0 Å². The minimum atomic E-state index is 0.139. The maximum Gasteiger partial charge on any atom is 0.0960 e. The van der Waals surface area contributed by atoms with Crippen LogP contribution in [0.3, 0.4) is 0 Å². The van der Waals surface area contributed by atoms with Crippen LogP contribution in [-0.2, 0) is 0 Å². The number of hydrogen-bond donors (Lipinski definition) is 0. The molecule has 0 aromatic heterocycles. The SMILES string of the molecule is C[C@@H]1CCCCC1(C)[C@@](C)(C1CC=C(F)CC1)[C@@H](C)CC1CC1. The van der Waals surface area contributed by atoms with Crippen LogP contribution in [0.25, 0.3) is 0 Å². The molecule has 3 aliphatic rings. The first kappa shape index (κ1) is 17.5. The number of hydrogen-bond acceptors (Lipinski definition) is 0. The first-order valence-electron chi connectivity index (χ1n) is 10.2. The number of rotatable bonds is 5. The van der Waals surface area contributed by atoms with Gasteiger partial charge in [-0.15, -0.1) is 0 Å². The van der Waals surface area contributed by atoms with Crippen LogP contribution in [0.15, 0.2) is 11.9 Å². The Kier molecular flexibility index (Phi) is 4.96. The Morgan fingerprint density at radius 2 is 2.00 bits per heavy atom. The van der Waals surface area contributed by atoms with Crippen molar-refractivity contribution in [2.75, 3.05) is 0 Å². The van der Waals surface area contributed by atoms with Crippen LogP contribution in [0.1, 0.15) is 91.9 Å². The van der Waals surface area contributed by atoms with Crippen molar-refractivity contribution in [2.45, 2.75) is 91.9 Å². The highest BCUT2D eigenvalue weighted by atomic mass is 19.1. The van der Waals surface area contributed by atoms with Gasteiger partial charge in [0.2, 0.25) is 0 Å². The Morgan fingerprint density at radius 3 is 2.57 bits per heavy atom. The predicted molar refractivity (Wildman–Crippen MR) is 96.9 cm³/mol. The lowest BCUT2D eigenvalue weighted by Gasteiger charge is -2.60. The summed E-state index contributed by atoms with van der Waals surface area (Å²) >= 11 is 0. The Hall–Kier alpha value is -0.330. The van der Waals surface area contributed by atoms with Crippen molar-refractivity contribution in [3.63, 3.8) is 0 Å². The van der Waals surface area contributed by atoms with Crippen LogP contribution in [-0.4, -0.2) is 0 Å². The summed E-state index contributed by atoms with van der Waals surface area (Å²) in [5.41, 5.74) is 0.776. The van der Waals surface area contributed by atoms with E-state index in [1.807, 2.05) is 6.08 Å². The highest BCUT2D eigenvalue weighted by Crippen LogP contribution is 2.63. The van der Waals surface area contributed by atoms with E-state index in [4.69, 9.17) is 0 Å². The second kappa shape index (κ2) is 6.52. The number of halogens is 1. The van der Waals surface area contributed by atoms with E-state index in [2.05, 4.69) is 27.7 Å². The van der Waals surface area contributed by atoms with E-state index >= 15 is 0 Å². The third-order valence-electron chi connectivity index (χ3n) is 8.51. The zero-order valence-electron chi connectivity index (χ0n) is 15.8. The molecule has 0 spiro atoms. The summed E-state index contributed by atoms with van der Waals surface area (Å²) in [7, 11) is 0. The van der Waals surface area contributed by atoms with E-state index in [1.165, 1.54) is 44.9 Å². The van der Waals surface area contributed by atoms with E-state index in [1.54, 1.807) is 0 Å². The molecular weight excluding hydrogens is 283 g/mol. The molecule has 23 heavy (non-hydrogen) atoms. The van der Waals surface area contributed by atoms with Gasteiger partial charge in [-0.1, -0.05) is 65.9 Å². The molecule has 2 unspecified atom stereocenters. The maximum atomic E-state index is 13.6. The topological polar surface area (TPSA) is 0 Å². The Labute approximate surface area is 143 Å². The fraction of sp³-hybridized carbons (Fsp3) is 0.909. The second-order valence-electron chi connectivity index (χ2n) is 9.55. The molecule has 0 saturated heterocycles. The molecule has 5 atom stereocenters. The van der Waals surface area contributed by atoms with E-state index < -0.39 is 0 Å². The summed E-state index contributed by atoms with van der Waals surface area (Å²) in [6, 6.07) is 0. The van der Waals surface area contributed by atoms with Gasteiger partial charge in [0.25, 0.3) is 0 Å². The molecule has 2 saturated carbocycles. The van der Waals surface area contributed by atoms with Crippen molar-refractivity contribution < 1.29 is 4.39 Å². The smallest absolute Gasteiger partial charge is 0.0960 e. The lowest BCUT2D eigenvalue weighted by Crippen LogP contribution is -2.52. The van der Waals surface area contributed by atoms with Gasteiger partial charge in [-0.25, -0.2) is 4.39 Å². The normalized spacial score (nSPS) is 39.4. The third-order valence-corrected chi connectivity index (χ3v) is 8.51. The van der Waals surface area contributed by atoms with Gasteiger partial charge in [-0.2, -0.15) is 0 Å². The molecule has 0 heterocycles. The molecular formula is C22H37F. The molecule has 3 rings (SSSR count). The fourth-order valence-corrected chi connectivity index (χ4v) is 6.18. The molecule has 0 N–H and O–H groups in total. The highest BCUT2D eigenvalue weighted by Gasteiger charge is 2.55. The largest absolute Gasteiger partial charge is 0.212 e. The van der Waals surface area contributed by atoms with Crippen molar-refractivity contribution in [1.29, 1.82) is 0 Å². The van der Waals surface area contributed by atoms with Gasteiger partial charge in [-0.3, -0.25) is 0 Å². The Morgan fingerprint density at radius 1 is 1.26 bits per heavy atom. The molecule has 3 aliphatic carbocycles. The number of allylic oxidation sites excluding steroid dienone is 2. The fourth-order valence-electron chi connectivity index (χ4n) is 6.18. The summed E-state index contributed by atoms with van der Waals surface area (Å²) in [5.74, 6) is 3.36. The first-order chi connectivity index (χ1) is 10.9. The van der Waals surface area contributed by atoms with Crippen LogP contribution >= 0.6 is 0 Å². The van der Waals surface area contributed by atoms with Crippen molar-refractivity contribution in [1.82, 2.24) is 0 Å². The van der Waals surface area contributed by atoms with E-state index in [0.29, 0.717) is 23.2 Å². The average Bonchev–Trinajstić information content (AvgIpc) is 3.34. The molecule has 0 radical (unpaired) electrons. The van der Waals surface area contributed by atoms with Crippen LogP contribution in [0.2, 0.25) is 0 Å². The van der Waals surface area contributed by atoms with Crippen LogP contribution < -0.4 is 0 Å². The molecule has 0 amide bonds. The van der Waals surface area contributed by atoms with Gasteiger partial charge in [0.1, 0.15) is 0 Å². The molecule has 0 aliphatic heterocycles.